The van der Waals surface area contributed by atoms with Crippen LogP contribution in [0.1, 0.15) is 29.6 Å². The van der Waals surface area contributed by atoms with E-state index in [9.17, 15) is 18.0 Å². The number of hydrogen-bond donors (Lipinski definition) is 1. The average molecular weight is 456 g/mol. The minimum atomic E-state index is -3.77. The highest BCUT2D eigenvalue weighted by atomic mass is 32.2. The van der Waals surface area contributed by atoms with Gasteiger partial charge in [0.25, 0.3) is 11.5 Å². The van der Waals surface area contributed by atoms with Crippen molar-refractivity contribution in [3.8, 4) is 5.75 Å². The van der Waals surface area contributed by atoms with E-state index in [-0.39, 0.29) is 21.8 Å². The number of sulfonamides is 1. The number of fused-ring (bicyclic) bond motifs is 1. The van der Waals surface area contributed by atoms with Crippen LogP contribution in [0.2, 0.25) is 0 Å². The summed E-state index contributed by atoms with van der Waals surface area (Å²) in [4.78, 5) is 25.4. The van der Waals surface area contributed by atoms with Gasteiger partial charge in [0.05, 0.1) is 18.2 Å². The number of benzene rings is 2. The Morgan fingerprint density at radius 3 is 2.47 bits per heavy atom. The molecule has 1 N–H and O–H groups in total. The monoisotopic (exact) mass is 455 g/mol. The molecule has 1 saturated heterocycles. The highest BCUT2D eigenvalue weighted by Gasteiger charge is 2.29. The summed E-state index contributed by atoms with van der Waals surface area (Å²) < 4.78 is 34.7. The number of aryl methyl sites for hydroxylation is 1. The Morgan fingerprint density at radius 2 is 1.75 bits per heavy atom. The number of hydrogen-bond acceptors (Lipinski definition) is 5. The number of ether oxygens (including phenoxy) is 1. The second kappa shape index (κ2) is 8.76. The molecule has 32 heavy (non-hydrogen) atoms. The molecule has 2 heterocycles. The summed E-state index contributed by atoms with van der Waals surface area (Å²) in [5.41, 5.74) is 0.848. The Labute approximate surface area is 186 Å². The van der Waals surface area contributed by atoms with Crippen LogP contribution in [0.3, 0.4) is 0 Å². The molecule has 0 unspecified atom stereocenters. The van der Waals surface area contributed by atoms with E-state index in [1.54, 1.807) is 37.4 Å². The van der Waals surface area contributed by atoms with E-state index < -0.39 is 15.9 Å². The minimum absolute atomic E-state index is 0.00790. The summed E-state index contributed by atoms with van der Waals surface area (Å²) in [7, 11) is -0.713. The highest BCUT2D eigenvalue weighted by molar-refractivity contribution is 7.89. The number of carbonyl (C=O) groups is 1. The third kappa shape index (κ3) is 4.01. The summed E-state index contributed by atoms with van der Waals surface area (Å²) >= 11 is 0. The van der Waals surface area contributed by atoms with Crippen molar-refractivity contribution < 1.29 is 17.9 Å². The lowest BCUT2D eigenvalue weighted by Gasteiger charge is -2.26. The Kier molecular flexibility index (Phi) is 6.03. The number of piperidine rings is 1. The molecule has 1 aromatic heterocycles. The van der Waals surface area contributed by atoms with Gasteiger partial charge in [0.1, 0.15) is 10.6 Å². The van der Waals surface area contributed by atoms with Gasteiger partial charge in [-0.25, -0.2) is 8.42 Å². The fourth-order valence-electron chi connectivity index (χ4n) is 4.00. The molecular formula is C23H25N3O5S. The molecule has 1 fully saturated rings. The SMILES string of the molecule is COc1ccc(NC(=O)c2cc(=O)n(C)c3ccccc23)cc1S(=O)(=O)N1CCCCC1. The number of nitrogens with one attached hydrogen (secondary N) is 1. The van der Waals surface area contributed by atoms with E-state index in [0.717, 1.165) is 19.3 Å². The standard InChI is InChI=1S/C23H25N3O5S/c1-25-19-9-5-4-8-17(19)18(15-22(25)27)23(28)24-16-10-11-20(31-2)21(14-16)32(29,30)26-12-6-3-7-13-26/h4-5,8-11,14-15H,3,6-7,12-13H2,1-2H3,(H,24,28). The van der Waals surface area contributed by atoms with Crippen LogP contribution >= 0.6 is 0 Å². The van der Waals surface area contributed by atoms with Gasteiger partial charge < -0.3 is 14.6 Å². The molecule has 1 aliphatic heterocycles. The number of rotatable bonds is 5. The van der Waals surface area contributed by atoms with Gasteiger partial charge in [-0.2, -0.15) is 4.31 Å². The molecule has 168 valence electrons. The summed E-state index contributed by atoms with van der Waals surface area (Å²) in [5.74, 6) is -0.280. The number of anilines is 1. The van der Waals surface area contributed by atoms with Crippen LogP contribution in [-0.2, 0) is 17.1 Å². The molecule has 4 rings (SSSR count). The maximum Gasteiger partial charge on any atom is 0.256 e. The predicted octanol–water partition coefficient (Wildman–Crippen LogP) is 2.97. The van der Waals surface area contributed by atoms with Crippen molar-refractivity contribution >= 4 is 32.5 Å². The molecule has 0 atom stereocenters. The smallest absolute Gasteiger partial charge is 0.256 e. The number of nitrogens with zero attached hydrogens (tertiary/aromatic N) is 2. The number of aromatic nitrogens is 1. The third-order valence-corrected chi connectivity index (χ3v) is 7.67. The van der Waals surface area contributed by atoms with Gasteiger partial charge in [-0.15, -0.1) is 0 Å². The fraction of sp³-hybridized carbons (Fsp3) is 0.304. The van der Waals surface area contributed by atoms with Crippen molar-refractivity contribution in [3.05, 3.63) is 64.4 Å². The Balaban J connectivity index is 1.71. The summed E-state index contributed by atoms with van der Waals surface area (Å²) in [6.45, 7) is 0.919. The van der Waals surface area contributed by atoms with Gasteiger partial charge >= 0.3 is 0 Å². The number of carbonyl (C=O) groups excluding carboxylic acids is 1. The Morgan fingerprint density at radius 1 is 1.03 bits per heavy atom. The minimum Gasteiger partial charge on any atom is -0.495 e. The van der Waals surface area contributed by atoms with Crippen LogP contribution in [-0.4, -0.2) is 43.4 Å². The maximum atomic E-state index is 13.2. The molecule has 0 radical (unpaired) electrons. The molecule has 9 heteroatoms. The van der Waals surface area contributed by atoms with E-state index >= 15 is 0 Å². The number of amides is 1. The van der Waals surface area contributed by atoms with Gasteiger partial charge in [0.15, 0.2) is 0 Å². The number of pyridine rings is 1. The van der Waals surface area contributed by atoms with E-state index in [4.69, 9.17) is 4.74 Å². The normalized spacial score (nSPS) is 14.9. The van der Waals surface area contributed by atoms with E-state index in [2.05, 4.69) is 5.32 Å². The summed E-state index contributed by atoms with van der Waals surface area (Å²) in [6, 6.07) is 12.9. The first-order chi connectivity index (χ1) is 15.3. The van der Waals surface area contributed by atoms with Crippen LogP contribution < -0.4 is 15.6 Å². The quantitative estimate of drug-likeness (QED) is 0.638. The molecule has 2 aromatic carbocycles. The molecule has 0 bridgehead atoms. The lowest BCUT2D eigenvalue weighted by molar-refractivity contribution is 0.102. The molecule has 0 aliphatic carbocycles. The summed E-state index contributed by atoms with van der Waals surface area (Å²) in [5, 5.41) is 3.36. The molecular weight excluding hydrogens is 430 g/mol. The van der Waals surface area contributed by atoms with E-state index in [0.29, 0.717) is 29.7 Å². The first-order valence-electron chi connectivity index (χ1n) is 10.4. The lowest BCUT2D eigenvalue weighted by atomic mass is 10.1. The zero-order chi connectivity index (χ0) is 22.9. The number of methoxy groups -OCH3 is 1. The van der Waals surface area contributed by atoms with Gasteiger partial charge in [0, 0.05) is 37.3 Å². The van der Waals surface area contributed by atoms with Crippen molar-refractivity contribution in [2.24, 2.45) is 7.05 Å². The van der Waals surface area contributed by atoms with Gasteiger partial charge in [-0.1, -0.05) is 24.6 Å². The number of para-hydroxylation sites is 1. The molecule has 3 aromatic rings. The predicted molar refractivity (Wildman–Crippen MR) is 123 cm³/mol. The second-order valence-electron chi connectivity index (χ2n) is 7.76. The first kappa shape index (κ1) is 22.0. The molecule has 1 amide bonds. The van der Waals surface area contributed by atoms with E-state index in [1.807, 2.05) is 0 Å². The van der Waals surface area contributed by atoms with Gasteiger partial charge in [0.2, 0.25) is 10.0 Å². The molecule has 8 nitrogen and oxygen atoms in total. The van der Waals surface area contributed by atoms with Crippen molar-refractivity contribution in [2.45, 2.75) is 24.2 Å². The van der Waals surface area contributed by atoms with Crippen LogP contribution in [0.5, 0.6) is 5.75 Å². The lowest BCUT2D eigenvalue weighted by Crippen LogP contribution is -2.35. The van der Waals surface area contributed by atoms with Gasteiger partial charge in [-0.3, -0.25) is 9.59 Å². The van der Waals surface area contributed by atoms with Crippen molar-refractivity contribution in [3.63, 3.8) is 0 Å². The van der Waals surface area contributed by atoms with E-state index in [1.165, 1.54) is 34.2 Å². The van der Waals surface area contributed by atoms with Crippen molar-refractivity contribution in [2.75, 3.05) is 25.5 Å². The average Bonchev–Trinajstić information content (AvgIpc) is 2.82. The van der Waals surface area contributed by atoms with Crippen LogP contribution in [0.25, 0.3) is 10.9 Å². The Bertz CT molecular complexity index is 1340. The summed E-state index contributed by atoms with van der Waals surface area (Å²) in [6.07, 6.45) is 2.63. The van der Waals surface area contributed by atoms with Gasteiger partial charge in [-0.05, 0) is 37.1 Å². The third-order valence-electron chi connectivity index (χ3n) is 5.75. The van der Waals surface area contributed by atoms with Crippen LogP contribution in [0.15, 0.2) is 58.2 Å². The topological polar surface area (TPSA) is 97.7 Å². The zero-order valence-corrected chi connectivity index (χ0v) is 18.8. The van der Waals surface area contributed by atoms with Crippen LogP contribution in [0.4, 0.5) is 5.69 Å². The first-order valence-corrected chi connectivity index (χ1v) is 11.9. The Hall–Kier alpha value is -3.17. The van der Waals surface area contributed by atoms with Crippen LogP contribution in [0, 0.1) is 0 Å². The van der Waals surface area contributed by atoms with Crippen molar-refractivity contribution in [1.29, 1.82) is 0 Å². The maximum absolute atomic E-state index is 13.2. The molecule has 1 aliphatic rings. The highest BCUT2D eigenvalue weighted by Crippen LogP contribution is 2.31. The second-order valence-corrected chi connectivity index (χ2v) is 9.66. The van der Waals surface area contributed by atoms with Crippen molar-refractivity contribution in [1.82, 2.24) is 8.87 Å². The molecule has 0 saturated carbocycles. The fourth-order valence-corrected chi connectivity index (χ4v) is 5.70. The zero-order valence-electron chi connectivity index (χ0n) is 18.0. The largest absolute Gasteiger partial charge is 0.495 e. The molecule has 0 spiro atoms.